The minimum Gasteiger partial charge on any atom is -0.293 e. The van der Waals surface area contributed by atoms with Gasteiger partial charge in [0.25, 0.3) is 0 Å². The molecule has 4 rings (SSSR count). The summed E-state index contributed by atoms with van der Waals surface area (Å²) in [4.78, 5) is 13.3. The van der Waals surface area contributed by atoms with E-state index in [4.69, 9.17) is 0 Å². The molecule has 3 atom stereocenters. The lowest BCUT2D eigenvalue weighted by atomic mass is 9.64. The van der Waals surface area contributed by atoms with Gasteiger partial charge in [-0.15, -0.1) is 0 Å². The molecule has 0 N–H and O–H groups in total. The van der Waals surface area contributed by atoms with Crippen LogP contribution in [0, 0.1) is 0 Å². The first-order valence-corrected chi connectivity index (χ1v) is 8.50. The van der Waals surface area contributed by atoms with Crippen LogP contribution in [0.1, 0.15) is 51.7 Å². The van der Waals surface area contributed by atoms with Crippen LogP contribution in [0.25, 0.3) is 0 Å². The van der Waals surface area contributed by atoms with Crippen LogP contribution in [0.2, 0.25) is 0 Å². The Morgan fingerprint density at radius 2 is 1.21 bits per heavy atom. The largest absolute Gasteiger partial charge is 0.293 e. The molecule has 0 spiro atoms. The number of benzene rings is 3. The van der Waals surface area contributed by atoms with E-state index in [9.17, 15) is 4.79 Å². The highest BCUT2D eigenvalue weighted by Crippen LogP contribution is 2.49. The fourth-order valence-corrected chi connectivity index (χ4v) is 4.11. The van der Waals surface area contributed by atoms with E-state index in [1.165, 1.54) is 11.1 Å². The Kier molecular flexibility index (Phi) is 3.78. The first-order chi connectivity index (χ1) is 11.8. The zero-order valence-corrected chi connectivity index (χ0v) is 13.7. The summed E-state index contributed by atoms with van der Waals surface area (Å²) in [6.45, 7) is 2.25. The SMILES string of the molecule is CC1c2ccccc2C(=O)C(c2ccccc2)C1c1ccccc1. The topological polar surface area (TPSA) is 17.1 Å². The van der Waals surface area contributed by atoms with Crippen molar-refractivity contribution in [3.8, 4) is 0 Å². The fraction of sp³-hybridized carbons (Fsp3) is 0.174. The quantitative estimate of drug-likeness (QED) is 0.606. The van der Waals surface area contributed by atoms with E-state index in [-0.39, 0.29) is 17.6 Å². The first-order valence-electron chi connectivity index (χ1n) is 8.50. The molecule has 3 unspecified atom stereocenters. The van der Waals surface area contributed by atoms with E-state index in [0.29, 0.717) is 5.92 Å². The normalized spacial score (nSPS) is 22.9. The Labute approximate surface area is 143 Å². The molecule has 0 fully saturated rings. The molecule has 0 saturated heterocycles. The van der Waals surface area contributed by atoms with Gasteiger partial charge in [-0.25, -0.2) is 0 Å². The van der Waals surface area contributed by atoms with Gasteiger partial charge in [0, 0.05) is 11.5 Å². The maximum absolute atomic E-state index is 13.3. The minimum atomic E-state index is -0.126. The van der Waals surface area contributed by atoms with Crippen molar-refractivity contribution >= 4 is 5.78 Å². The summed E-state index contributed by atoms with van der Waals surface area (Å²) in [5.74, 6) is 0.574. The van der Waals surface area contributed by atoms with E-state index in [1.807, 2.05) is 42.5 Å². The van der Waals surface area contributed by atoms with Gasteiger partial charge in [0.15, 0.2) is 5.78 Å². The Morgan fingerprint density at radius 3 is 1.88 bits per heavy atom. The first kappa shape index (κ1) is 14.9. The third kappa shape index (κ3) is 2.37. The Hall–Kier alpha value is -2.67. The third-order valence-corrected chi connectivity index (χ3v) is 5.24. The van der Waals surface area contributed by atoms with Gasteiger partial charge in [-0.2, -0.15) is 0 Å². The van der Waals surface area contributed by atoms with Crippen molar-refractivity contribution in [3.05, 3.63) is 107 Å². The van der Waals surface area contributed by atoms with E-state index in [1.54, 1.807) is 0 Å². The number of hydrogen-bond acceptors (Lipinski definition) is 1. The Morgan fingerprint density at radius 1 is 0.667 bits per heavy atom. The molecule has 0 saturated carbocycles. The molecule has 3 aromatic carbocycles. The molecule has 0 amide bonds. The van der Waals surface area contributed by atoms with Crippen LogP contribution >= 0.6 is 0 Å². The molecule has 0 aliphatic heterocycles. The number of ketones is 1. The molecule has 0 heterocycles. The van der Waals surface area contributed by atoms with Gasteiger partial charge in [-0.3, -0.25) is 4.79 Å². The molecular formula is C23H20O. The van der Waals surface area contributed by atoms with E-state index in [2.05, 4.69) is 49.4 Å². The number of hydrogen-bond donors (Lipinski definition) is 0. The molecule has 118 valence electrons. The van der Waals surface area contributed by atoms with Crippen LogP contribution in [0.5, 0.6) is 0 Å². The number of Topliss-reactive ketones (excluding diaryl/α,β-unsaturated/α-hetero) is 1. The molecule has 1 heteroatoms. The van der Waals surface area contributed by atoms with Crippen molar-refractivity contribution in [2.75, 3.05) is 0 Å². The molecule has 0 bridgehead atoms. The van der Waals surface area contributed by atoms with Crippen LogP contribution in [0.15, 0.2) is 84.9 Å². The van der Waals surface area contributed by atoms with Gasteiger partial charge < -0.3 is 0 Å². The van der Waals surface area contributed by atoms with Crippen molar-refractivity contribution in [3.63, 3.8) is 0 Å². The molecule has 0 radical (unpaired) electrons. The lowest BCUT2D eigenvalue weighted by Crippen LogP contribution is -2.30. The second-order valence-electron chi connectivity index (χ2n) is 6.56. The minimum absolute atomic E-state index is 0.126. The van der Waals surface area contributed by atoms with E-state index >= 15 is 0 Å². The zero-order chi connectivity index (χ0) is 16.5. The van der Waals surface area contributed by atoms with Crippen LogP contribution in [0.4, 0.5) is 0 Å². The average molecular weight is 312 g/mol. The van der Waals surface area contributed by atoms with E-state index < -0.39 is 0 Å². The second kappa shape index (κ2) is 6.09. The van der Waals surface area contributed by atoms with Crippen LogP contribution < -0.4 is 0 Å². The molecule has 1 aliphatic carbocycles. The van der Waals surface area contributed by atoms with Crippen molar-refractivity contribution in [2.24, 2.45) is 0 Å². The maximum atomic E-state index is 13.3. The van der Waals surface area contributed by atoms with Gasteiger partial charge in [0.05, 0.1) is 5.92 Å². The predicted octanol–water partition coefficient (Wildman–Crippen LogP) is 5.55. The molecular weight excluding hydrogens is 292 g/mol. The summed E-state index contributed by atoms with van der Waals surface area (Å²) in [7, 11) is 0. The number of rotatable bonds is 2. The summed E-state index contributed by atoms with van der Waals surface area (Å²) < 4.78 is 0. The maximum Gasteiger partial charge on any atom is 0.171 e. The molecule has 1 nitrogen and oxygen atoms in total. The number of carbonyl (C=O) groups is 1. The van der Waals surface area contributed by atoms with Crippen LogP contribution in [0.3, 0.4) is 0 Å². The fourth-order valence-electron chi connectivity index (χ4n) is 4.11. The Balaban J connectivity index is 1.93. The van der Waals surface area contributed by atoms with Crippen LogP contribution in [-0.2, 0) is 0 Å². The zero-order valence-electron chi connectivity index (χ0n) is 13.7. The standard InChI is InChI=1S/C23H20O/c1-16-19-14-8-9-15-20(19)23(24)22(18-12-6-3-7-13-18)21(16)17-10-4-2-5-11-17/h2-16,21-22H,1H3. The van der Waals surface area contributed by atoms with Crippen molar-refractivity contribution in [1.82, 2.24) is 0 Å². The Bertz CT molecular complexity index is 851. The van der Waals surface area contributed by atoms with Gasteiger partial charge in [0.1, 0.15) is 0 Å². The highest BCUT2D eigenvalue weighted by molar-refractivity contribution is 6.04. The third-order valence-electron chi connectivity index (χ3n) is 5.24. The highest BCUT2D eigenvalue weighted by Gasteiger charge is 2.41. The summed E-state index contributed by atoms with van der Waals surface area (Å²) >= 11 is 0. The number of fused-ring (bicyclic) bond motifs is 1. The molecule has 0 aromatic heterocycles. The summed E-state index contributed by atoms with van der Waals surface area (Å²) in [6, 6.07) is 28.8. The summed E-state index contributed by atoms with van der Waals surface area (Å²) in [6.07, 6.45) is 0. The second-order valence-corrected chi connectivity index (χ2v) is 6.56. The molecule has 3 aromatic rings. The summed E-state index contributed by atoms with van der Waals surface area (Å²) in [5, 5.41) is 0. The molecule has 24 heavy (non-hydrogen) atoms. The van der Waals surface area contributed by atoms with Gasteiger partial charge in [-0.1, -0.05) is 91.9 Å². The predicted molar refractivity (Wildman–Crippen MR) is 97.6 cm³/mol. The van der Waals surface area contributed by atoms with Crippen molar-refractivity contribution in [2.45, 2.75) is 24.7 Å². The van der Waals surface area contributed by atoms with Crippen LogP contribution in [-0.4, -0.2) is 5.78 Å². The monoisotopic (exact) mass is 312 g/mol. The lowest BCUT2D eigenvalue weighted by Gasteiger charge is -2.37. The van der Waals surface area contributed by atoms with Gasteiger partial charge >= 0.3 is 0 Å². The number of carbonyl (C=O) groups excluding carboxylic acids is 1. The average Bonchev–Trinajstić information content (AvgIpc) is 2.66. The van der Waals surface area contributed by atoms with Gasteiger partial charge in [-0.05, 0) is 22.6 Å². The van der Waals surface area contributed by atoms with Crippen molar-refractivity contribution in [1.29, 1.82) is 0 Å². The summed E-state index contributed by atoms with van der Waals surface area (Å²) in [5.41, 5.74) is 4.40. The van der Waals surface area contributed by atoms with Crippen molar-refractivity contribution < 1.29 is 4.79 Å². The van der Waals surface area contributed by atoms with Gasteiger partial charge in [0.2, 0.25) is 0 Å². The van der Waals surface area contributed by atoms with E-state index in [0.717, 1.165) is 11.1 Å². The highest BCUT2D eigenvalue weighted by atomic mass is 16.1. The smallest absolute Gasteiger partial charge is 0.171 e. The molecule has 1 aliphatic rings. The lowest BCUT2D eigenvalue weighted by molar-refractivity contribution is 0.0927.